The SMILES string of the molecule is Fc1ccc(/C(=N/OCc2ccc(Cl)cc2Cl)[C@H]2C[C@H]2c2c(F)cccc2Cl)cc1. The van der Waals surface area contributed by atoms with E-state index in [0.29, 0.717) is 38.3 Å². The molecule has 2 nitrogen and oxygen atoms in total. The molecule has 0 heterocycles. The Morgan fingerprint density at radius 1 is 0.967 bits per heavy atom. The highest BCUT2D eigenvalue weighted by atomic mass is 35.5. The first-order valence-electron chi connectivity index (χ1n) is 9.27. The van der Waals surface area contributed by atoms with Crippen LogP contribution in [0.3, 0.4) is 0 Å². The number of halogens is 5. The van der Waals surface area contributed by atoms with Crippen LogP contribution in [0.25, 0.3) is 0 Å². The highest BCUT2D eigenvalue weighted by molar-refractivity contribution is 6.35. The number of benzene rings is 3. The van der Waals surface area contributed by atoms with E-state index in [4.69, 9.17) is 39.6 Å². The lowest BCUT2D eigenvalue weighted by molar-refractivity contribution is 0.130. The van der Waals surface area contributed by atoms with Crippen molar-refractivity contribution >= 4 is 40.5 Å². The van der Waals surface area contributed by atoms with Crippen LogP contribution in [0.5, 0.6) is 0 Å². The summed E-state index contributed by atoms with van der Waals surface area (Å²) in [7, 11) is 0. The number of nitrogens with zero attached hydrogens (tertiary/aromatic N) is 1. The van der Waals surface area contributed by atoms with E-state index in [9.17, 15) is 8.78 Å². The van der Waals surface area contributed by atoms with Gasteiger partial charge in [0.05, 0.1) is 5.71 Å². The van der Waals surface area contributed by atoms with Gasteiger partial charge in [0.15, 0.2) is 0 Å². The summed E-state index contributed by atoms with van der Waals surface area (Å²) in [5.74, 6) is -0.908. The second-order valence-corrected chi connectivity index (χ2v) is 8.33. The Hall–Kier alpha value is -2.14. The van der Waals surface area contributed by atoms with Crippen molar-refractivity contribution in [3.63, 3.8) is 0 Å². The van der Waals surface area contributed by atoms with Crippen LogP contribution in [0.4, 0.5) is 8.78 Å². The molecule has 0 radical (unpaired) electrons. The minimum Gasteiger partial charge on any atom is -0.391 e. The summed E-state index contributed by atoms with van der Waals surface area (Å²) in [6, 6.07) is 15.7. The molecule has 3 aromatic rings. The smallest absolute Gasteiger partial charge is 0.143 e. The Labute approximate surface area is 188 Å². The summed E-state index contributed by atoms with van der Waals surface area (Å²) >= 11 is 18.3. The van der Waals surface area contributed by atoms with Gasteiger partial charge in [-0.2, -0.15) is 0 Å². The molecule has 0 amide bonds. The van der Waals surface area contributed by atoms with E-state index >= 15 is 0 Å². The summed E-state index contributed by atoms with van der Waals surface area (Å²) in [5, 5.41) is 5.71. The van der Waals surface area contributed by atoms with Crippen LogP contribution in [-0.2, 0) is 11.4 Å². The molecule has 1 aliphatic carbocycles. The van der Waals surface area contributed by atoms with E-state index in [1.807, 2.05) is 0 Å². The maximum Gasteiger partial charge on any atom is 0.143 e. The van der Waals surface area contributed by atoms with Crippen LogP contribution in [0.2, 0.25) is 15.1 Å². The predicted molar refractivity (Wildman–Crippen MR) is 116 cm³/mol. The first-order valence-corrected chi connectivity index (χ1v) is 10.4. The van der Waals surface area contributed by atoms with Crippen LogP contribution >= 0.6 is 34.8 Å². The minimum atomic E-state index is -0.351. The minimum absolute atomic E-state index is 0.0921. The van der Waals surface area contributed by atoms with Gasteiger partial charge in [-0.25, -0.2) is 8.78 Å². The molecule has 1 fully saturated rings. The van der Waals surface area contributed by atoms with E-state index in [0.717, 1.165) is 5.56 Å². The average molecular weight is 467 g/mol. The fraction of sp³-hybridized carbons (Fsp3) is 0.174. The van der Waals surface area contributed by atoms with E-state index in [-0.39, 0.29) is 30.1 Å². The van der Waals surface area contributed by atoms with Crippen LogP contribution in [0, 0.1) is 17.6 Å². The lowest BCUT2D eigenvalue weighted by Crippen LogP contribution is -2.07. The Bertz CT molecular complexity index is 1080. The number of oxime groups is 1. The fourth-order valence-corrected chi connectivity index (χ4v) is 4.21. The Morgan fingerprint density at radius 3 is 2.43 bits per heavy atom. The zero-order valence-corrected chi connectivity index (χ0v) is 17.9. The van der Waals surface area contributed by atoms with Gasteiger partial charge in [0, 0.05) is 32.1 Å². The largest absolute Gasteiger partial charge is 0.391 e. The van der Waals surface area contributed by atoms with Crippen molar-refractivity contribution in [2.45, 2.75) is 18.9 Å². The average Bonchev–Trinajstić information content (AvgIpc) is 3.47. The molecule has 0 bridgehead atoms. The summed E-state index contributed by atoms with van der Waals surface area (Å²) in [5.41, 5.74) is 2.52. The maximum atomic E-state index is 14.4. The summed E-state index contributed by atoms with van der Waals surface area (Å²) in [4.78, 5) is 5.57. The lowest BCUT2D eigenvalue weighted by Gasteiger charge is -2.10. The molecule has 0 aromatic heterocycles. The molecule has 1 saturated carbocycles. The van der Waals surface area contributed by atoms with Gasteiger partial charge in [-0.1, -0.05) is 64.2 Å². The van der Waals surface area contributed by atoms with E-state index in [1.54, 1.807) is 42.5 Å². The Morgan fingerprint density at radius 2 is 1.73 bits per heavy atom. The van der Waals surface area contributed by atoms with Gasteiger partial charge in [-0.05, 0) is 54.3 Å². The van der Waals surface area contributed by atoms with Crippen molar-refractivity contribution in [1.82, 2.24) is 0 Å². The van der Waals surface area contributed by atoms with Gasteiger partial charge in [-0.15, -0.1) is 0 Å². The lowest BCUT2D eigenvalue weighted by atomic mass is 10.0. The molecule has 3 aromatic carbocycles. The molecule has 0 N–H and O–H groups in total. The van der Waals surface area contributed by atoms with Crippen molar-refractivity contribution in [3.05, 3.63) is 104 Å². The summed E-state index contributed by atoms with van der Waals surface area (Å²) < 4.78 is 27.8. The zero-order chi connectivity index (χ0) is 21.3. The Kier molecular flexibility index (Phi) is 6.28. The number of hydrogen-bond acceptors (Lipinski definition) is 2. The number of hydrogen-bond donors (Lipinski definition) is 0. The molecule has 30 heavy (non-hydrogen) atoms. The molecule has 4 rings (SSSR count). The molecule has 0 spiro atoms. The quantitative estimate of drug-likeness (QED) is 0.270. The topological polar surface area (TPSA) is 21.6 Å². The van der Waals surface area contributed by atoms with E-state index in [2.05, 4.69) is 5.16 Å². The summed E-state index contributed by atoms with van der Waals surface area (Å²) in [6.07, 6.45) is 0.669. The van der Waals surface area contributed by atoms with Crippen LogP contribution in [0.15, 0.2) is 65.8 Å². The molecule has 7 heteroatoms. The monoisotopic (exact) mass is 465 g/mol. The summed E-state index contributed by atoms with van der Waals surface area (Å²) in [6.45, 7) is 0.137. The van der Waals surface area contributed by atoms with Crippen LogP contribution in [-0.4, -0.2) is 5.71 Å². The van der Waals surface area contributed by atoms with Gasteiger partial charge < -0.3 is 4.84 Å². The van der Waals surface area contributed by atoms with Crippen molar-refractivity contribution in [1.29, 1.82) is 0 Å². The molecule has 0 aliphatic heterocycles. The third-order valence-corrected chi connectivity index (χ3v) is 5.97. The fourth-order valence-electron chi connectivity index (χ4n) is 3.45. The molecule has 0 unspecified atom stereocenters. The second-order valence-electron chi connectivity index (χ2n) is 7.08. The standard InChI is InChI=1S/C23H16Cl3F2NO/c24-15-7-4-14(20(26)10-15)12-30-29-23(13-5-8-16(27)9-6-13)18-11-17(18)22-19(25)2-1-3-21(22)28/h1-10,17-18H,11-12H2/b29-23-/t17-,18+/m1/s1. The van der Waals surface area contributed by atoms with Gasteiger partial charge in [0.25, 0.3) is 0 Å². The van der Waals surface area contributed by atoms with Crippen molar-refractivity contribution in [2.75, 3.05) is 0 Å². The number of rotatable bonds is 6. The van der Waals surface area contributed by atoms with Crippen molar-refractivity contribution in [3.8, 4) is 0 Å². The molecule has 154 valence electrons. The first kappa shape index (κ1) is 21.1. The third kappa shape index (κ3) is 4.61. The van der Waals surface area contributed by atoms with Crippen LogP contribution < -0.4 is 0 Å². The zero-order valence-electron chi connectivity index (χ0n) is 15.6. The molecule has 2 atom stereocenters. The van der Waals surface area contributed by atoms with Gasteiger partial charge >= 0.3 is 0 Å². The van der Waals surface area contributed by atoms with Gasteiger partial charge in [0.2, 0.25) is 0 Å². The van der Waals surface area contributed by atoms with Crippen molar-refractivity contribution < 1.29 is 13.6 Å². The van der Waals surface area contributed by atoms with Gasteiger partial charge in [0.1, 0.15) is 18.2 Å². The predicted octanol–water partition coefficient (Wildman–Crippen LogP) is 7.65. The van der Waals surface area contributed by atoms with Gasteiger partial charge in [-0.3, -0.25) is 0 Å². The molecular formula is C23H16Cl3F2NO. The second kappa shape index (κ2) is 8.93. The first-order chi connectivity index (χ1) is 14.4. The van der Waals surface area contributed by atoms with Crippen LogP contribution in [0.1, 0.15) is 29.0 Å². The highest BCUT2D eigenvalue weighted by Gasteiger charge is 2.45. The van der Waals surface area contributed by atoms with E-state index < -0.39 is 0 Å². The van der Waals surface area contributed by atoms with Crippen molar-refractivity contribution in [2.24, 2.45) is 11.1 Å². The molecule has 1 aliphatic rings. The third-order valence-electron chi connectivity index (χ3n) is 5.05. The molecular weight excluding hydrogens is 451 g/mol. The highest BCUT2D eigenvalue weighted by Crippen LogP contribution is 2.52. The Balaban J connectivity index is 1.59. The normalized spacial score (nSPS) is 18.4. The maximum absolute atomic E-state index is 14.4. The van der Waals surface area contributed by atoms with E-state index in [1.165, 1.54) is 18.2 Å². The molecule has 0 saturated heterocycles.